The van der Waals surface area contributed by atoms with Crippen molar-refractivity contribution in [3.63, 3.8) is 0 Å². The highest BCUT2D eigenvalue weighted by Crippen LogP contribution is 2.19. The van der Waals surface area contributed by atoms with E-state index in [1.807, 2.05) is 7.05 Å². The zero-order valence-electron chi connectivity index (χ0n) is 11.8. The number of nitrogens with zero attached hydrogens (tertiary/aromatic N) is 1. The zero-order chi connectivity index (χ0) is 12.8. The van der Waals surface area contributed by atoms with Crippen molar-refractivity contribution in [2.24, 2.45) is 0 Å². The van der Waals surface area contributed by atoms with Crippen LogP contribution in [0.25, 0.3) is 0 Å². The minimum Gasteiger partial charge on any atom is -0.312 e. The number of rotatable bonds is 6. The third kappa shape index (κ3) is 4.14. The fraction of sp³-hybridized carbons (Fsp3) is 0.600. The highest BCUT2D eigenvalue weighted by Gasteiger charge is 2.11. The molecule has 1 N–H and O–H groups in total. The fourth-order valence-electron chi connectivity index (χ4n) is 1.92. The molecule has 0 aliphatic carbocycles. The van der Waals surface area contributed by atoms with Crippen LogP contribution >= 0.6 is 0 Å². The minimum atomic E-state index is 0.418. The van der Waals surface area contributed by atoms with Crippen LogP contribution in [0.4, 0.5) is 0 Å². The van der Waals surface area contributed by atoms with Crippen molar-refractivity contribution in [2.45, 2.75) is 32.7 Å². The van der Waals surface area contributed by atoms with Gasteiger partial charge in [-0.3, -0.25) is 0 Å². The van der Waals surface area contributed by atoms with Crippen LogP contribution in [0, 0.1) is 0 Å². The molecule has 0 amide bonds. The topological polar surface area (TPSA) is 15.3 Å². The first-order valence-electron chi connectivity index (χ1n) is 6.54. The van der Waals surface area contributed by atoms with Crippen molar-refractivity contribution in [2.75, 3.05) is 27.2 Å². The molecule has 0 aromatic heterocycles. The van der Waals surface area contributed by atoms with Crippen LogP contribution in [0.3, 0.4) is 0 Å². The van der Waals surface area contributed by atoms with E-state index in [4.69, 9.17) is 0 Å². The van der Waals surface area contributed by atoms with Gasteiger partial charge in [0.05, 0.1) is 0 Å². The molecule has 0 heterocycles. The lowest BCUT2D eigenvalue weighted by molar-refractivity contribution is 0.311. The normalized spacial score (nSPS) is 13.4. The van der Waals surface area contributed by atoms with E-state index in [-0.39, 0.29) is 0 Å². The first-order valence-corrected chi connectivity index (χ1v) is 6.54. The van der Waals surface area contributed by atoms with Gasteiger partial charge in [-0.1, -0.05) is 45.0 Å². The Labute approximate surface area is 106 Å². The first kappa shape index (κ1) is 14.2. The first-order chi connectivity index (χ1) is 8.08. The summed E-state index contributed by atoms with van der Waals surface area (Å²) < 4.78 is 0. The molecule has 1 aromatic carbocycles. The van der Waals surface area contributed by atoms with E-state index in [1.54, 1.807) is 0 Å². The van der Waals surface area contributed by atoms with Gasteiger partial charge in [0, 0.05) is 12.6 Å². The Morgan fingerprint density at radius 1 is 1.12 bits per heavy atom. The van der Waals surface area contributed by atoms with Gasteiger partial charge in [-0.25, -0.2) is 0 Å². The molecular formula is C15H26N2. The summed E-state index contributed by atoms with van der Waals surface area (Å²) in [4.78, 5) is 2.33. The molecule has 0 spiro atoms. The number of hydrogen-bond donors (Lipinski definition) is 1. The lowest BCUT2D eigenvalue weighted by Gasteiger charge is -2.23. The molecular weight excluding hydrogens is 208 g/mol. The Morgan fingerprint density at radius 2 is 1.65 bits per heavy atom. The second kappa shape index (κ2) is 6.77. The second-order valence-electron chi connectivity index (χ2n) is 5.02. The maximum Gasteiger partial charge on any atom is 0.0446 e. The van der Waals surface area contributed by atoms with E-state index >= 15 is 0 Å². The molecule has 0 aliphatic heterocycles. The summed E-state index contributed by atoms with van der Waals surface area (Å²) in [6.45, 7) is 8.79. The Hall–Kier alpha value is -0.860. The monoisotopic (exact) mass is 234 g/mol. The molecule has 1 aromatic rings. The summed E-state index contributed by atoms with van der Waals surface area (Å²) in [6.07, 6.45) is 0. The lowest BCUT2D eigenvalue weighted by atomic mass is 9.99. The van der Waals surface area contributed by atoms with Crippen LogP contribution in [0.15, 0.2) is 24.3 Å². The number of likely N-dealkylation sites (N-methyl/N-ethyl adjacent to an activating group) is 2. The Balaban J connectivity index is 2.75. The summed E-state index contributed by atoms with van der Waals surface area (Å²) in [6, 6.07) is 9.41. The number of benzene rings is 1. The SMILES string of the molecule is CCN(C)CC(NC)c1ccc(C(C)C)cc1. The smallest absolute Gasteiger partial charge is 0.0446 e. The maximum atomic E-state index is 3.39. The third-order valence-corrected chi connectivity index (χ3v) is 3.39. The van der Waals surface area contributed by atoms with Crippen molar-refractivity contribution in [1.82, 2.24) is 10.2 Å². The maximum absolute atomic E-state index is 3.39. The van der Waals surface area contributed by atoms with E-state index in [1.165, 1.54) is 11.1 Å². The third-order valence-electron chi connectivity index (χ3n) is 3.39. The molecule has 0 saturated carbocycles. The van der Waals surface area contributed by atoms with Gasteiger partial charge >= 0.3 is 0 Å². The van der Waals surface area contributed by atoms with Gasteiger partial charge in [-0.2, -0.15) is 0 Å². The number of hydrogen-bond acceptors (Lipinski definition) is 2. The van der Waals surface area contributed by atoms with Crippen LogP contribution in [-0.4, -0.2) is 32.1 Å². The molecule has 96 valence electrons. The average Bonchev–Trinajstić information content (AvgIpc) is 2.35. The summed E-state index contributed by atoms with van der Waals surface area (Å²) in [5.74, 6) is 0.607. The zero-order valence-corrected chi connectivity index (χ0v) is 11.8. The van der Waals surface area contributed by atoms with Crippen molar-refractivity contribution in [3.8, 4) is 0 Å². The van der Waals surface area contributed by atoms with E-state index in [9.17, 15) is 0 Å². The van der Waals surface area contributed by atoms with Crippen molar-refractivity contribution < 1.29 is 0 Å². The van der Waals surface area contributed by atoms with Crippen LogP contribution in [0.1, 0.15) is 43.9 Å². The average molecular weight is 234 g/mol. The second-order valence-corrected chi connectivity index (χ2v) is 5.02. The van der Waals surface area contributed by atoms with Gasteiger partial charge in [-0.15, -0.1) is 0 Å². The van der Waals surface area contributed by atoms with Gasteiger partial charge < -0.3 is 10.2 Å². The predicted octanol–water partition coefficient (Wildman–Crippen LogP) is 3.02. The van der Waals surface area contributed by atoms with Crippen molar-refractivity contribution in [3.05, 3.63) is 35.4 Å². The summed E-state index contributed by atoms with van der Waals surface area (Å²) in [5.41, 5.74) is 2.78. The predicted molar refractivity (Wildman–Crippen MR) is 75.5 cm³/mol. The van der Waals surface area contributed by atoms with Gasteiger partial charge in [0.25, 0.3) is 0 Å². The highest BCUT2D eigenvalue weighted by molar-refractivity contribution is 5.27. The molecule has 0 fully saturated rings. The highest BCUT2D eigenvalue weighted by atomic mass is 15.1. The Morgan fingerprint density at radius 3 is 2.06 bits per heavy atom. The lowest BCUT2D eigenvalue weighted by Crippen LogP contribution is -2.31. The standard InChI is InChI=1S/C15H26N2/c1-6-17(5)11-15(16-4)14-9-7-13(8-10-14)12(2)3/h7-10,12,15-16H,6,11H2,1-5H3. The largest absolute Gasteiger partial charge is 0.312 e. The quantitative estimate of drug-likeness (QED) is 0.814. The van der Waals surface area contributed by atoms with E-state index < -0.39 is 0 Å². The van der Waals surface area contributed by atoms with E-state index in [0.717, 1.165) is 13.1 Å². The molecule has 0 saturated heterocycles. The molecule has 2 nitrogen and oxygen atoms in total. The Kier molecular flexibility index (Phi) is 5.66. The number of nitrogens with one attached hydrogen (secondary N) is 1. The Bertz CT molecular complexity index is 316. The molecule has 1 atom stereocenters. The van der Waals surface area contributed by atoms with Gasteiger partial charge in [0.15, 0.2) is 0 Å². The molecule has 0 radical (unpaired) electrons. The van der Waals surface area contributed by atoms with Crippen LogP contribution in [0.2, 0.25) is 0 Å². The molecule has 1 unspecified atom stereocenters. The van der Waals surface area contributed by atoms with Crippen LogP contribution in [0.5, 0.6) is 0 Å². The van der Waals surface area contributed by atoms with Crippen molar-refractivity contribution >= 4 is 0 Å². The summed E-state index contributed by atoms with van der Waals surface area (Å²) >= 11 is 0. The summed E-state index contributed by atoms with van der Waals surface area (Å²) in [7, 11) is 4.19. The van der Waals surface area contributed by atoms with Crippen LogP contribution < -0.4 is 5.32 Å². The molecule has 17 heavy (non-hydrogen) atoms. The molecule has 2 heteroatoms. The van der Waals surface area contributed by atoms with Gasteiger partial charge in [0.1, 0.15) is 0 Å². The molecule has 0 aliphatic rings. The van der Waals surface area contributed by atoms with Crippen molar-refractivity contribution in [1.29, 1.82) is 0 Å². The summed E-state index contributed by atoms with van der Waals surface area (Å²) in [5, 5.41) is 3.39. The molecule has 1 rings (SSSR count). The van der Waals surface area contributed by atoms with Gasteiger partial charge in [-0.05, 0) is 37.7 Å². The van der Waals surface area contributed by atoms with Crippen LogP contribution in [-0.2, 0) is 0 Å². The molecule has 0 bridgehead atoms. The van der Waals surface area contributed by atoms with E-state index in [0.29, 0.717) is 12.0 Å². The fourth-order valence-corrected chi connectivity index (χ4v) is 1.92. The van der Waals surface area contributed by atoms with E-state index in [2.05, 4.69) is 62.3 Å². The minimum absolute atomic E-state index is 0.418. The van der Waals surface area contributed by atoms with Gasteiger partial charge in [0.2, 0.25) is 0 Å².